The van der Waals surface area contributed by atoms with Crippen LogP contribution in [0, 0.1) is 0 Å². The van der Waals surface area contributed by atoms with Gasteiger partial charge in [-0.1, -0.05) is 11.8 Å². The average Bonchev–Trinajstić information content (AvgIpc) is 3.54. The molecule has 25 heavy (non-hydrogen) atoms. The molecule has 1 heterocycles. The van der Waals surface area contributed by atoms with E-state index in [0.29, 0.717) is 28.5 Å². The Labute approximate surface area is 148 Å². The van der Waals surface area contributed by atoms with Gasteiger partial charge in [0.1, 0.15) is 0 Å². The summed E-state index contributed by atoms with van der Waals surface area (Å²) in [5.41, 5.74) is 1.26. The Kier molecular flexibility index (Phi) is 4.39. The number of carbonyl (C=O) groups excluding carboxylic acids is 2. The average molecular weight is 358 g/mol. The highest BCUT2D eigenvalue weighted by atomic mass is 32.2. The predicted octanol–water partition coefficient (Wildman–Crippen LogP) is 1.63. The van der Waals surface area contributed by atoms with Gasteiger partial charge in [-0.2, -0.15) is 0 Å². The summed E-state index contributed by atoms with van der Waals surface area (Å²) < 4.78 is 1.78. The second kappa shape index (κ2) is 6.83. The SMILES string of the molecule is O=C(CSc1nnnn1C1CC1)Nc1ccc(C(=O)NC2CC2)cc1. The maximum Gasteiger partial charge on any atom is 0.251 e. The van der Waals surface area contributed by atoms with Crippen molar-refractivity contribution in [3.63, 3.8) is 0 Å². The summed E-state index contributed by atoms with van der Waals surface area (Å²) in [5.74, 6) is 0.0326. The molecular formula is C16H18N6O2S. The van der Waals surface area contributed by atoms with Crippen molar-refractivity contribution < 1.29 is 9.59 Å². The summed E-state index contributed by atoms with van der Waals surface area (Å²) >= 11 is 1.32. The largest absolute Gasteiger partial charge is 0.349 e. The molecule has 0 atom stereocenters. The van der Waals surface area contributed by atoms with Crippen molar-refractivity contribution in [3.05, 3.63) is 29.8 Å². The summed E-state index contributed by atoms with van der Waals surface area (Å²) in [7, 11) is 0. The summed E-state index contributed by atoms with van der Waals surface area (Å²) in [4.78, 5) is 24.0. The van der Waals surface area contributed by atoms with E-state index in [4.69, 9.17) is 0 Å². The molecule has 0 spiro atoms. The lowest BCUT2D eigenvalue weighted by atomic mass is 10.2. The third kappa shape index (κ3) is 4.16. The van der Waals surface area contributed by atoms with Crippen molar-refractivity contribution >= 4 is 29.3 Å². The fourth-order valence-corrected chi connectivity index (χ4v) is 3.10. The summed E-state index contributed by atoms with van der Waals surface area (Å²) in [6.45, 7) is 0. The van der Waals surface area contributed by atoms with Crippen LogP contribution in [-0.4, -0.2) is 43.8 Å². The Morgan fingerprint density at radius 2 is 1.92 bits per heavy atom. The molecular weight excluding hydrogens is 340 g/mol. The number of hydrogen-bond acceptors (Lipinski definition) is 6. The lowest BCUT2D eigenvalue weighted by Gasteiger charge is -2.07. The molecule has 2 aliphatic rings. The molecule has 1 aromatic carbocycles. The lowest BCUT2D eigenvalue weighted by Crippen LogP contribution is -2.25. The van der Waals surface area contributed by atoms with Crippen molar-refractivity contribution in [2.24, 2.45) is 0 Å². The first-order valence-electron chi connectivity index (χ1n) is 8.30. The van der Waals surface area contributed by atoms with E-state index in [1.807, 2.05) is 0 Å². The number of aromatic nitrogens is 4. The molecule has 2 fully saturated rings. The molecule has 0 unspecified atom stereocenters. The van der Waals surface area contributed by atoms with Gasteiger partial charge >= 0.3 is 0 Å². The summed E-state index contributed by atoms with van der Waals surface area (Å²) in [6.07, 6.45) is 4.29. The number of benzene rings is 1. The first kappa shape index (κ1) is 16.1. The molecule has 9 heteroatoms. The number of nitrogens with zero attached hydrogens (tertiary/aromatic N) is 4. The highest BCUT2D eigenvalue weighted by Crippen LogP contribution is 2.36. The van der Waals surface area contributed by atoms with Gasteiger partial charge in [0, 0.05) is 17.3 Å². The Bertz CT molecular complexity index is 782. The fourth-order valence-electron chi connectivity index (χ4n) is 2.36. The van der Waals surface area contributed by atoms with E-state index in [9.17, 15) is 9.59 Å². The van der Waals surface area contributed by atoms with Crippen molar-refractivity contribution in [2.45, 2.75) is 42.9 Å². The Hall–Kier alpha value is -2.42. The Balaban J connectivity index is 1.28. The van der Waals surface area contributed by atoms with Gasteiger partial charge in [-0.3, -0.25) is 9.59 Å². The second-order valence-corrected chi connectivity index (χ2v) is 7.24. The highest BCUT2D eigenvalue weighted by molar-refractivity contribution is 7.99. The van der Waals surface area contributed by atoms with Crippen molar-refractivity contribution in [1.82, 2.24) is 25.5 Å². The highest BCUT2D eigenvalue weighted by Gasteiger charge is 2.28. The molecule has 2 saturated carbocycles. The van der Waals surface area contributed by atoms with Gasteiger partial charge in [0.25, 0.3) is 5.91 Å². The van der Waals surface area contributed by atoms with E-state index in [-0.39, 0.29) is 17.6 Å². The molecule has 8 nitrogen and oxygen atoms in total. The van der Waals surface area contributed by atoms with E-state index in [2.05, 4.69) is 26.2 Å². The van der Waals surface area contributed by atoms with Crippen molar-refractivity contribution in [2.75, 3.05) is 11.1 Å². The normalized spacial score (nSPS) is 16.5. The molecule has 0 saturated heterocycles. The van der Waals surface area contributed by atoms with E-state index in [1.54, 1.807) is 28.9 Å². The van der Waals surface area contributed by atoms with Crippen LogP contribution >= 0.6 is 11.8 Å². The van der Waals surface area contributed by atoms with Gasteiger partial charge in [-0.25, -0.2) is 4.68 Å². The van der Waals surface area contributed by atoms with Gasteiger partial charge < -0.3 is 10.6 Å². The molecule has 130 valence electrons. The van der Waals surface area contributed by atoms with Crippen LogP contribution in [0.4, 0.5) is 5.69 Å². The number of tetrazole rings is 1. The van der Waals surface area contributed by atoms with Crippen LogP contribution in [0.2, 0.25) is 0 Å². The summed E-state index contributed by atoms with van der Waals surface area (Å²) in [6, 6.07) is 7.62. The van der Waals surface area contributed by atoms with Crippen molar-refractivity contribution in [1.29, 1.82) is 0 Å². The minimum absolute atomic E-state index is 0.0668. The van der Waals surface area contributed by atoms with Gasteiger partial charge in [0.2, 0.25) is 11.1 Å². The van der Waals surface area contributed by atoms with Crippen LogP contribution in [0.25, 0.3) is 0 Å². The maximum absolute atomic E-state index is 12.1. The van der Waals surface area contributed by atoms with Crippen LogP contribution in [0.15, 0.2) is 29.4 Å². The zero-order valence-electron chi connectivity index (χ0n) is 13.5. The van der Waals surface area contributed by atoms with Crippen LogP contribution < -0.4 is 10.6 Å². The number of carbonyl (C=O) groups is 2. The molecule has 2 N–H and O–H groups in total. The standard InChI is InChI=1S/C16H18N6O2S/c23-14(9-25-16-19-20-21-22(16)13-7-8-13)17-11-3-1-10(2-4-11)15(24)18-12-5-6-12/h1-4,12-13H,5-9H2,(H,17,23)(H,18,24). The van der Waals surface area contributed by atoms with Gasteiger partial charge in [0.05, 0.1) is 11.8 Å². The first-order valence-corrected chi connectivity index (χ1v) is 9.29. The molecule has 2 aromatic rings. The van der Waals surface area contributed by atoms with E-state index < -0.39 is 0 Å². The molecule has 0 radical (unpaired) electrons. The lowest BCUT2D eigenvalue weighted by molar-refractivity contribution is -0.113. The quantitative estimate of drug-likeness (QED) is 0.730. The van der Waals surface area contributed by atoms with E-state index in [1.165, 1.54) is 11.8 Å². The predicted molar refractivity (Wildman–Crippen MR) is 92.4 cm³/mol. The van der Waals surface area contributed by atoms with Gasteiger partial charge in [-0.05, 0) is 60.4 Å². The van der Waals surface area contributed by atoms with Crippen LogP contribution in [0.3, 0.4) is 0 Å². The smallest absolute Gasteiger partial charge is 0.251 e. The van der Waals surface area contributed by atoms with Crippen molar-refractivity contribution in [3.8, 4) is 0 Å². The summed E-state index contributed by atoms with van der Waals surface area (Å²) in [5, 5.41) is 18.0. The van der Waals surface area contributed by atoms with Crippen LogP contribution in [0.1, 0.15) is 42.1 Å². The third-order valence-electron chi connectivity index (χ3n) is 4.03. The monoisotopic (exact) mass is 358 g/mol. The molecule has 2 aliphatic carbocycles. The maximum atomic E-state index is 12.1. The van der Waals surface area contributed by atoms with Crippen LogP contribution in [0.5, 0.6) is 0 Å². The second-order valence-electron chi connectivity index (χ2n) is 6.30. The minimum atomic E-state index is -0.134. The van der Waals surface area contributed by atoms with E-state index in [0.717, 1.165) is 25.7 Å². The zero-order chi connectivity index (χ0) is 17.2. The molecule has 0 bridgehead atoms. The van der Waals surface area contributed by atoms with Gasteiger partial charge in [-0.15, -0.1) is 5.10 Å². The van der Waals surface area contributed by atoms with Gasteiger partial charge in [0.15, 0.2) is 0 Å². The molecule has 1 aromatic heterocycles. The zero-order valence-corrected chi connectivity index (χ0v) is 14.3. The molecule has 2 amide bonds. The number of amides is 2. The van der Waals surface area contributed by atoms with Crippen LogP contribution in [-0.2, 0) is 4.79 Å². The topological polar surface area (TPSA) is 102 Å². The fraction of sp³-hybridized carbons (Fsp3) is 0.438. The Morgan fingerprint density at radius 3 is 2.60 bits per heavy atom. The number of anilines is 1. The molecule has 0 aliphatic heterocycles. The molecule has 4 rings (SSSR count). The minimum Gasteiger partial charge on any atom is -0.349 e. The number of nitrogens with one attached hydrogen (secondary N) is 2. The number of thioether (sulfide) groups is 1. The van der Waals surface area contributed by atoms with E-state index >= 15 is 0 Å². The number of rotatable bonds is 7. The first-order chi connectivity index (χ1) is 12.2. The third-order valence-corrected chi connectivity index (χ3v) is 4.96. The Morgan fingerprint density at radius 1 is 1.16 bits per heavy atom. The number of hydrogen-bond donors (Lipinski definition) is 2.